The zero-order valence-corrected chi connectivity index (χ0v) is 17.3. The maximum absolute atomic E-state index is 12.3. The van der Waals surface area contributed by atoms with E-state index in [-0.39, 0.29) is 5.60 Å². The lowest BCUT2D eigenvalue weighted by molar-refractivity contribution is 0.0224. The number of rotatable bonds is 7. The Morgan fingerprint density at radius 3 is 2.85 bits per heavy atom. The summed E-state index contributed by atoms with van der Waals surface area (Å²) in [5, 5.41) is 0. The number of ether oxygens (including phenoxy) is 3. The van der Waals surface area contributed by atoms with Crippen molar-refractivity contribution in [2.75, 3.05) is 39.2 Å². The first kappa shape index (κ1) is 19.3. The minimum Gasteiger partial charge on any atom is -0.493 e. The van der Waals surface area contributed by atoms with Crippen LogP contribution in [0.2, 0.25) is 0 Å². The predicted molar refractivity (Wildman–Crippen MR) is 106 cm³/mol. The summed E-state index contributed by atoms with van der Waals surface area (Å²) in [4.78, 5) is 2.64. The first-order valence-electron chi connectivity index (χ1n) is 10.0. The number of nitrogens with zero attached hydrogens (tertiary/aromatic N) is 1. The number of piperidine rings is 1. The number of hydrogen-bond acceptors (Lipinski definition) is 5. The van der Waals surface area contributed by atoms with Gasteiger partial charge in [0.05, 0.1) is 31.7 Å². The minimum atomic E-state index is 0.0841. The molecule has 2 saturated heterocycles. The summed E-state index contributed by atoms with van der Waals surface area (Å²) in [5.74, 6) is 3.14. The molecule has 6 heteroatoms. The Hall–Kier alpha value is -0.980. The Balaban J connectivity index is 1.58. The molecule has 1 aromatic rings. The molecule has 0 amide bonds. The quantitative estimate of drug-likeness (QED) is 0.504. The topological polar surface area (TPSA) is 34.2 Å². The molecule has 3 atom stereocenters. The third kappa shape index (κ3) is 3.81. The van der Waals surface area contributed by atoms with Gasteiger partial charge in [-0.2, -0.15) is 3.89 Å². The number of halogens is 1. The SMILES string of the molecule is COc1cc2c(cc1OCCSF)CCN1CC(CC(C)C)C3(CO3)CC21. The lowest BCUT2D eigenvalue weighted by atomic mass is 9.74. The fraction of sp³-hybridized carbons (Fsp3) is 0.714. The normalized spacial score (nSPS) is 29.5. The predicted octanol–water partition coefficient (Wildman–Crippen LogP) is 4.43. The van der Waals surface area contributed by atoms with E-state index in [4.69, 9.17) is 14.2 Å². The Kier molecular flexibility index (Phi) is 5.59. The molecule has 3 heterocycles. The average Bonchev–Trinajstić information content (AvgIpc) is 3.42. The molecule has 4 nitrogen and oxygen atoms in total. The summed E-state index contributed by atoms with van der Waals surface area (Å²) in [6.45, 7) is 8.07. The molecule has 0 saturated carbocycles. The molecule has 150 valence electrons. The molecule has 0 radical (unpaired) electrons. The van der Waals surface area contributed by atoms with Crippen molar-refractivity contribution in [3.8, 4) is 11.5 Å². The van der Waals surface area contributed by atoms with Gasteiger partial charge in [-0.05, 0) is 48.4 Å². The van der Waals surface area contributed by atoms with Gasteiger partial charge in [-0.15, -0.1) is 0 Å². The van der Waals surface area contributed by atoms with Crippen molar-refractivity contribution in [2.45, 2.75) is 44.8 Å². The van der Waals surface area contributed by atoms with Crippen molar-refractivity contribution in [3.05, 3.63) is 23.3 Å². The summed E-state index contributed by atoms with van der Waals surface area (Å²) in [6.07, 6.45) is 3.32. The van der Waals surface area contributed by atoms with E-state index >= 15 is 0 Å². The molecular weight excluding hydrogens is 365 g/mol. The standard InChI is InChI=1S/C21H30FNO3S/c1-14(2)8-16-12-23-5-4-15-9-20(25-6-7-27-22)19(24-3)10-17(15)18(23)11-21(16)13-26-21/h9-10,14,16,18H,4-8,11-13H2,1-3H3. The van der Waals surface area contributed by atoms with E-state index < -0.39 is 0 Å². The zero-order valence-electron chi connectivity index (χ0n) is 16.5. The Morgan fingerprint density at radius 1 is 1.37 bits per heavy atom. The highest BCUT2D eigenvalue weighted by molar-refractivity contribution is 7.94. The molecule has 3 aliphatic rings. The summed E-state index contributed by atoms with van der Waals surface area (Å²) in [5.41, 5.74) is 2.77. The summed E-state index contributed by atoms with van der Waals surface area (Å²) >= 11 is 0.303. The second kappa shape index (κ2) is 7.80. The van der Waals surface area contributed by atoms with Gasteiger partial charge in [0.2, 0.25) is 0 Å². The van der Waals surface area contributed by atoms with Crippen molar-refractivity contribution in [1.82, 2.24) is 4.90 Å². The number of methoxy groups -OCH3 is 1. The van der Waals surface area contributed by atoms with Gasteiger partial charge in [0, 0.05) is 37.2 Å². The van der Waals surface area contributed by atoms with Gasteiger partial charge in [-0.25, -0.2) is 0 Å². The van der Waals surface area contributed by atoms with Crippen molar-refractivity contribution in [3.63, 3.8) is 0 Å². The van der Waals surface area contributed by atoms with Gasteiger partial charge < -0.3 is 14.2 Å². The zero-order chi connectivity index (χ0) is 19.0. The van der Waals surface area contributed by atoms with Gasteiger partial charge >= 0.3 is 0 Å². The fourth-order valence-electron chi connectivity index (χ4n) is 4.92. The molecule has 27 heavy (non-hydrogen) atoms. The molecule has 1 spiro atoms. The van der Waals surface area contributed by atoms with Crippen LogP contribution < -0.4 is 9.47 Å². The van der Waals surface area contributed by atoms with Crippen molar-refractivity contribution in [1.29, 1.82) is 0 Å². The first-order valence-corrected chi connectivity index (χ1v) is 10.9. The molecule has 4 rings (SSSR count). The van der Waals surface area contributed by atoms with Crippen LogP contribution in [0.15, 0.2) is 12.1 Å². The Morgan fingerprint density at radius 2 is 2.19 bits per heavy atom. The van der Waals surface area contributed by atoms with E-state index in [2.05, 4.69) is 30.9 Å². The third-order valence-corrected chi connectivity index (χ3v) is 6.64. The number of benzene rings is 1. The highest BCUT2D eigenvalue weighted by Crippen LogP contribution is 2.53. The maximum Gasteiger partial charge on any atom is 0.161 e. The average molecular weight is 396 g/mol. The molecule has 2 fully saturated rings. The van der Waals surface area contributed by atoms with Crippen molar-refractivity contribution < 1.29 is 18.1 Å². The van der Waals surface area contributed by atoms with E-state index in [0.717, 1.165) is 44.0 Å². The lowest BCUT2D eigenvalue weighted by Crippen LogP contribution is -2.50. The fourth-order valence-corrected chi connectivity index (χ4v) is 5.07. The van der Waals surface area contributed by atoms with E-state index in [1.807, 2.05) is 0 Å². The smallest absolute Gasteiger partial charge is 0.161 e. The van der Waals surface area contributed by atoms with Crippen LogP contribution in [0.3, 0.4) is 0 Å². The number of fused-ring (bicyclic) bond motifs is 3. The Bertz CT molecular complexity index is 680. The maximum atomic E-state index is 12.3. The summed E-state index contributed by atoms with van der Waals surface area (Å²) in [7, 11) is 1.67. The second-order valence-electron chi connectivity index (χ2n) is 8.51. The van der Waals surface area contributed by atoms with Crippen LogP contribution >= 0.6 is 12.1 Å². The van der Waals surface area contributed by atoms with Gasteiger partial charge in [0.15, 0.2) is 11.5 Å². The molecule has 0 N–H and O–H groups in total. The lowest BCUT2D eigenvalue weighted by Gasteiger charge is -2.47. The van der Waals surface area contributed by atoms with Gasteiger partial charge in [-0.1, -0.05) is 13.8 Å². The van der Waals surface area contributed by atoms with Crippen LogP contribution in [0.5, 0.6) is 11.5 Å². The molecule has 0 aromatic heterocycles. The summed E-state index contributed by atoms with van der Waals surface area (Å²) < 4.78 is 29.7. The minimum absolute atomic E-state index is 0.0841. The van der Waals surface area contributed by atoms with E-state index in [9.17, 15) is 3.89 Å². The number of epoxide rings is 1. The monoisotopic (exact) mass is 395 g/mol. The van der Waals surface area contributed by atoms with E-state index in [1.165, 1.54) is 17.5 Å². The molecule has 3 aliphatic heterocycles. The van der Waals surface area contributed by atoms with E-state index in [1.54, 1.807) is 7.11 Å². The van der Waals surface area contributed by atoms with Crippen LogP contribution in [-0.4, -0.2) is 49.7 Å². The molecule has 3 unspecified atom stereocenters. The van der Waals surface area contributed by atoms with Gasteiger partial charge in [0.1, 0.15) is 0 Å². The van der Waals surface area contributed by atoms with Gasteiger partial charge in [0.25, 0.3) is 0 Å². The largest absolute Gasteiger partial charge is 0.493 e. The van der Waals surface area contributed by atoms with Crippen molar-refractivity contribution >= 4 is 12.1 Å². The molecule has 1 aromatic carbocycles. The Labute approximate surface area is 166 Å². The highest BCUT2D eigenvalue weighted by Gasteiger charge is 2.57. The highest BCUT2D eigenvalue weighted by atomic mass is 32.2. The molecule has 0 aliphatic carbocycles. The number of hydrogen-bond donors (Lipinski definition) is 0. The van der Waals surface area contributed by atoms with Crippen LogP contribution in [0, 0.1) is 11.8 Å². The van der Waals surface area contributed by atoms with Crippen LogP contribution in [0.1, 0.15) is 43.9 Å². The van der Waals surface area contributed by atoms with Gasteiger partial charge in [-0.3, -0.25) is 4.90 Å². The molecule has 0 bridgehead atoms. The third-order valence-electron chi connectivity index (χ3n) is 6.32. The second-order valence-corrected chi connectivity index (χ2v) is 9.13. The van der Waals surface area contributed by atoms with Crippen molar-refractivity contribution in [2.24, 2.45) is 11.8 Å². The first-order chi connectivity index (χ1) is 13.1. The molecular formula is C21H30FNO3S. The van der Waals surface area contributed by atoms with Crippen LogP contribution in [-0.2, 0) is 11.2 Å². The van der Waals surface area contributed by atoms with E-state index in [0.29, 0.717) is 42.4 Å². The van der Waals surface area contributed by atoms with Crippen LogP contribution in [0.25, 0.3) is 0 Å². The van der Waals surface area contributed by atoms with Crippen LogP contribution in [0.4, 0.5) is 3.89 Å². The summed E-state index contributed by atoms with van der Waals surface area (Å²) in [6, 6.07) is 4.64.